The molecule has 1 aromatic rings. The number of nitrogens with two attached hydrogens (primary N) is 1. The Hall–Kier alpha value is -1.31. The second kappa shape index (κ2) is 3.09. The zero-order valence-corrected chi connectivity index (χ0v) is 9.03. The maximum atomic E-state index is 6.03. The van der Waals surface area contributed by atoms with Gasteiger partial charge in [-0.1, -0.05) is 18.6 Å². The van der Waals surface area contributed by atoms with Crippen molar-refractivity contribution in [1.82, 2.24) is 0 Å². The second-order valence-electron chi connectivity index (χ2n) is 4.74. The van der Waals surface area contributed by atoms with Crippen molar-refractivity contribution in [3.63, 3.8) is 0 Å². The van der Waals surface area contributed by atoms with Crippen LogP contribution in [0.3, 0.4) is 0 Å². The third-order valence-corrected chi connectivity index (χ3v) is 3.73. The summed E-state index contributed by atoms with van der Waals surface area (Å²) < 4.78 is 0. The normalized spacial score (nSPS) is 28.2. The first-order valence-electron chi connectivity index (χ1n) is 5.70. The van der Waals surface area contributed by atoms with Gasteiger partial charge in [-0.15, -0.1) is 0 Å². The smallest absolute Gasteiger partial charge is 0.103 e. The molecule has 2 atom stereocenters. The Labute approximate surface area is 90.2 Å². The molecule has 1 aliphatic carbocycles. The van der Waals surface area contributed by atoms with E-state index in [0.717, 1.165) is 11.5 Å². The Bertz CT molecular complexity index is 434. The molecule has 2 N–H and O–H groups in total. The quantitative estimate of drug-likeness (QED) is 0.687. The van der Waals surface area contributed by atoms with E-state index in [1.54, 1.807) is 0 Å². The molecule has 1 heterocycles. The molecular formula is C13H16N2. The fourth-order valence-corrected chi connectivity index (χ4v) is 2.97. The van der Waals surface area contributed by atoms with Crippen LogP contribution in [0.15, 0.2) is 23.2 Å². The summed E-state index contributed by atoms with van der Waals surface area (Å²) in [6.07, 6.45) is 3.78. The minimum Gasteiger partial charge on any atom is -0.387 e. The van der Waals surface area contributed by atoms with Gasteiger partial charge in [-0.25, -0.2) is 4.99 Å². The van der Waals surface area contributed by atoms with Gasteiger partial charge in [-0.05, 0) is 42.9 Å². The van der Waals surface area contributed by atoms with E-state index in [2.05, 4.69) is 30.1 Å². The van der Waals surface area contributed by atoms with Gasteiger partial charge in [0.15, 0.2) is 0 Å². The third kappa shape index (κ3) is 1.28. The van der Waals surface area contributed by atoms with E-state index in [1.165, 1.54) is 30.4 Å². The lowest BCUT2D eigenvalue weighted by molar-refractivity contribution is 0.610. The molecule has 2 heteroatoms. The largest absolute Gasteiger partial charge is 0.387 e. The van der Waals surface area contributed by atoms with E-state index in [9.17, 15) is 0 Å². The van der Waals surface area contributed by atoms with Crippen molar-refractivity contribution in [3.8, 4) is 0 Å². The molecular weight excluding hydrogens is 184 g/mol. The van der Waals surface area contributed by atoms with Gasteiger partial charge < -0.3 is 5.73 Å². The molecule has 0 radical (unpaired) electrons. The van der Waals surface area contributed by atoms with Crippen molar-refractivity contribution in [1.29, 1.82) is 0 Å². The van der Waals surface area contributed by atoms with Crippen LogP contribution in [0, 0.1) is 12.8 Å². The third-order valence-electron chi connectivity index (χ3n) is 3.73. The van der Waals surface area contributed by atoms with Crippen molar-refractivity contribution in [2.24, 2.45) is 16.6 Å². The number of hydrogen-bond acceptors (Lipinski definition) is 2. The molecule has 1 aliphatic heterocycles. The predicted molar refractivity (Wildman–Crippen MR) is 62.5 cm³/mol. The summed E-state index contributed by atoms with van der Waals surface area (Å²) in [5.41, 5.74) is 9.82. The summed E-state index contributed by atoms with van der Waals surface area (Å²) in [6.45, 7) is 2.10. The number of rotatable bonds is 0. The highest BCUT2D eigenvalue weighted by atomic mass is 14.9. The number of benzene rings is 1. The molecule has 2 nitrogen and oxygen atoms in total. The Balaban J connectivity index is 2.16. The monoisotopic (exact) mass is 200 g/mol. The first-order valence-corrected chi connectivity index (χ1v) is 5.70. The highest BCUT2D eigenvalue weighted by Gasteiger charge is 2.35. The zero-order valence-electron chi connectivity index (χ0n) is 9.03. The lowest BCUT2D eigenvalue weighted by atomic mass is 9.84. The molecule has 1 fully saturated rings. The fourth-order valence-electron chi connectivity index (χ4n) is 2.97. The molecule has 1 saturated carbocycles. The average molecular weight is 200 g/mol. The summed E-state index contributed by atoms with van der Waals surface area (Å²) in [5, 5.41) is 0. The molecule has 3 rings (SSSR count). The van der Waals surface area contributed by atoms with Gasteiger partial charge in [-0.2, -0.15) is 0 Å². The van der Waals surface area contributed by atoms with Crippen LogP contribution in [-0.4, -0.2) is 5.84 Å². The molecule has 0 spiro atoms. The zero-order chi connectivity index (χ0) is 10.4. The van der Waals surface area contributed by atoms with E-state index in [4.69, 9.17) is 5.73 Å². The molecule has 0 aromatic heterocycles. The van der Waals surface area contributed by atoms with Crippen LogP contribution >= 0.6 is 0 Å². The minimum absolute atomic E-state index is 0.514. The van der Waals surface area contributed by atoms with E-state index < -0.39 is 0 Å². The van der Waals surface area contributed by atoms with E-state index in [1.807, 2.05) is 0 Å². The molecule has 15 heavy (non-hydrogen) atoms. The number of aryl methyl sites for hydroxylation is 1. The molecule has 0 saturated heterocycles. The SMILES string of the molecule is Cc1ccc2c(c1)N=C(N)[C@@H]1CCC[C@H]21. The number of nitrogens with zero attached hydrogens (tertiary/aromatic N) is 1. The van der Waals surface area contributed by atoms with Gasteiger partial charge in [-0.3, -0.25) is 0 Å². The number of hydrogen-bond donors (Lipinski definition) is 1. The number of aliphatic imine (C=N–C) groups is 1. The first kappa shape index (κ1) is 8.96. The Morgan fingerprint density at radius 2 is 2.07 bits per heavy atom. The standard InChI is InChI=1S/C13H16N2/c1-8-5-6-10-9-3-2-4-11(9)13(14)15-12(10)7-8/h5-7,9,11H,2-4H2,1H3,(H2,14,15)/t9-,11-/m1/s1. The van der Waals surface area contributed by atoms with Crippen LogP contribution in [0.4, 0.5) is 5.69 Å². The van der Waals surface area contributed by atoms with Crippen LogP contribution in [-0.2, 0) is 0 Å². The molecule has 0 amide bonds. The van der Waals surface area contributed by atoms with Gasteiger partial charge in [0.2, 0.25) is 0 Å². The van der Waals surface area contributed by atoms with Crippen molar-refractivity contribution in [2.75, 3.05) is 0 Å². The van der Waals surface area contributed by atoms with Crippen LogP contribution in [0.2, 0.25) is 0 Å². The molecule has 78 valence electrons. The molecule has 0 unspecified atom stereocenters. The van der Waals surface area contributed by atoms with Gasteiger partial charge in [0.1, 0.15) is 5.84 Å². The van der Waals surface area contributed by atoms with Crippen LogP contribution < -0.4 is 5.73 Å². The minimum atomic E-state index is 0.514. The lowest BCUT2D eigenvalue weighted by Gasteiger charge is -2.26. The summed E-state index contributed by atoms with van der Waals surface area (Å²) in [4.78, 5) is 4.54. The van der Waals surface area contributed by atoms with E-state index in [0.29, 0.717) is 11.8 Å². The van der Waals surface area contributed by atoms with E-state index in [-0.39, 0.29) is 0 Å². The molecule has 2 aliphatic rings. The highest BCUT2D eigenvalue weighted by Crippen LogP contribution is 2.46. The molecule has 1 aromatic carbocycles. The van der Waals surface area contributed by atoms with Crippen molar-refractivity contribution in [3.05, 3.63) is 29.3 Å². The van der Waals surface area contributed by atoms with Gasteiger partial charge in [0.25, 0.3) is 0 Å². The van der Waals surface area contributed by atoms with Gasteiger partial charge >= 0.3 is 0 Å². The summed E-state index contributed by atoms with van der Waals surface area (Å²) in [6, 6.07) is 6.57. The van der Waals surface area contributed by atoms with Crippen molar-refractivity contribution < 1.29 is 0 Å². The molecule has 0 bridgehead atoms. The van der Waals surface area contributed by atoms with Crippen molar-refractivity contribution in [2.45, 2.75) is 32.1 Å². The average Bonchev–Trinajstić information content (AvgIpc) is 2.66. The summed E-state index contributed by atoms with van der Waals surface area (Å²) in [7, 11) is 0. The Morgan fingerprint density at radius 1 is 1.27 bits per heavy atom. The number of amidine groups is 1. The second-order valence-corrected chi connectivity index (χ2v) is 4.74. The summed E-state index contributed by atoms with van der Waals surface area (Å²) in [5.74, 6) is 2.01. The van der Waals surface area contributed by atoms with Gasteiger partial charge in [0, 0.05) is 5.92 Å². The Morgan fingerprint density at radius 3 is 2.93 bits per heavy atom. The Kier molecular flexibility index (Phi) is 1.84. The topological polar surface area (TPSA) is 38.4 Å². The van der Waals surface area contributed by atoms with Gasteiger partial charge in [0.05, 0.1) is 5.69 Å². The first-order chi connectivity index (χ1) is 7.25. The lowest BCUT2D eigenvalue weighted by Crippen LogP contribution is -2.28. The maximum Gasteiger partial charge on any atom is 0.103 e. The number of fused-ring (bicyclic) bond motifs is 3. The van der Waals surface area contributed by atoms with Crippen LogP contribution in [0.25, 0.3) is 0 Å². The fraction of sp³-hybridized carbons (Fsp3) is 0.462. The van der Waals surface area contributed by atoms with Crippen LogP contribution in [0.1, 0.15) is 36.3 Å². The highest BCUT2D eigenvalue weighted by molar-refractivity contribution is 5.89. The predicted octanol–water partition coefficient (Wildman–Crippen LogP) is 2.88. The van der Waals surface area contributed by atoms with E-state index >= 15 is 0 Å². The van der Waals surface area contributed by atoms with Crippen molar-refractivity contribution >= 4 is 11.5 Å². The van der Waals surface area contributed by atoms with Crippen LogP contribution in [0.5, 0.6) is 0 Å². The summed E-state index contributed by atoms with van der Waals surface area (Å²) >= 11 is 0. The maximum absolute atomic E-state index is 6.03.